The Balaban J connectivity index is 1.16. The molecule has 6 heteroatoms. The lowest BCUT2D eigenvalue weighted by Gasteiger charge is -2.06. The van der Waals surface area contributed by atoms with Gasteiger partial charge in [-0.25, -0.2) is 0 Å². The van der Waals surface area contributed by atoms with Gasteiger partial charge < -0.3 is 18.9 Å². The third-order valence-electron chi connectivity index (χ3n) is 6.02. The second kappa shape index (κ2) is 10.3. The normalized spacial score (nSPS) is 18.7. The Morgan fingerprint density at radius 3 is 1.42 bits per heavy atom. The van der Waals surface area contributed by atoms with Crippen LogP contribution in [0.15, 0.2) is 94.9 Å². The van der Waals surface area contributed by atoms with E-state index >= 15 is 0 Å². The minimum absolute atomic E-state index is 0.250. The van der Waals surface area contributed by atoms with E-state index in [-0.39, 0.29) is 12.2 Å². The molecule has 2 atom stereocenters. The first-order chi connectivity index (χ1) is 17.8. The minimum Gasteiger partial charge on any atom is -0.491 e. The number of ether oxygens (including phenoxy) is 4. The van der Waals surface area contributed by atoms with E-state index < -0.39 is 0 Å². The van der Waals surface area contributed by atoms with Gasteiger partial charge in [0.05, 0.1) is 24.6 Å². The molecule has 2 saturated heterocycles. The van der Waals surface area contributed by atoms with Crippen molar-refractivity contribution in [3.8, 4) is 11.5 Å². The van der Waals surface area contributed by atoms with Crippen LogP contribution >= 0.6 is 0 Å². The molecule has 6 rings (SSSR count). The van der Waals surface area contributed by atoms with Gasteiger partial charge in [-0.15, -0.1) is 0 Å². The number of epoxide rings is 2. The predicted octanol–water partition coefficient (Wildman–Crippen LogP) is 5.90. The molecule has 6 nitrogen and oxygen atoms in total. The molecule has 0 spiro atoms. The number of rotatable bonds is 10. The molecule has 2 aliphatic heterocycles. The van der Waals surface area contributed by atoms with Crippen molar-refractivity contribution in [2.24, 2.45) is 9.98 Å². The predicted molar refractivity (Wildman–Crippen MR) is 142 cm³/mol. The first-order valence-corrected chi connectivity index (χ1v) is 12.1. The Morgan fingerprint density at radius 2 is 1.03 bits per heavy atom. The molecule has 0 aliphatic carbocycles. The molecule has 0 saturated carbocycles. The summed E-state index contributed by atoms with van der Waals surface area (Å²) in [6.07, 6.45) is 4.24. The van der Waals surface area contributed by atoms with Crippen molar-refractivity contribution in [3.63, 3.8) is 0 Å². The molecule has 36 heavy (non-hydrogen) atoms. The van der Waals surface area contributed by atoms with Crippen molar-refractivity contribution in [3.05, 3.63) is 96.1 Å². The van der Waals surface area contributed by atoms with Crippen molar-refractivity contribution in [2.45, 2.75) is 12.2 Å². The Kier molecular flexibility index (Phi) is 6.44. The smallest absolute Gasteiger partial charge is 0.119 e. The average molecular weight is 479 g/mol. The van der Waals surface area contributed by atoms with Gasteiger partial charge in [-0.1, -0.05) is 24.3 Å². The van der Waals surface area contributed by atoms with E-state index in [1.54, 1.807) is 0 Å². The van der Waals surface area contributed by atoms with E-state index in [0.717, 1.165) is 58.0 Å². The second-order valence-electron chi connectivity index (χ2n) is 8.84. The van der Waals surface area contributed by atoms with Crippen molar-refractivity contribution in [1.29, 1.82) is 0 Å². The topological polar surface area (TPSA) is 68.2 Å². The fraction of sp³-hybridized carbons (Fsp3) is 0.200. The second-order valence-corrected chi connectivity index (χ2v) is 8.84. The van der Waals surface area contributed by atoms with Gasteiger partial charge in [-0.2, -0.15) is 0 Å². The molecule has 2 heterocycles. The summed E-state index contributed by atoms with van der Waals surface area (Å²) in [7, 11) is 0. The van der Waals surface area contributed by atoms with E-state index in [9.17, 15) is 0 Å². The van der Waals surface area contributed by atoms with Crippen LogP contribution in [0.4, 0.5) is 11.4 Å². The van der Waals surface area contributed by atoms with Gasteiger partial charge >= 0.3 is 0 Å². The first kappa shape index (κ1) is 22.5. The highest BCUT2D eigenvalue weighted by Crippen LogP contribution is 2.32. The van der Waals surface area contributed by atoms with E-state index in [4.69, 9.17) is 28.9 Å². The zero-order valence-electron chi connectivity index (χ0n) is 19.7. The fourth-order valence-corrected chi connectivity index (χ4v) is 3.80. The van der Waals surface area contributed by atoms with Crippen molar-refractivity contribution in [2.75, 3.05) is 26.4 Å². The lowest BCUT2D eigenvalue weighted by molar-refractivity contribution is 0.263. The standard InChI is InChI=1S/C30H26N2O4/c1-3-27-28(29(5-1)31-15-21-7-11-23(12-8-21)33-17-25-19-35-25)4-2-6-30(27)32-16-22-9-13-24(14-10-22)34-18-26-20-36-26/h1-16,25-26H,17-20H2. The van der Waals surface area contributed by atoms with E-state index in [1.165, 1.54) is 0 Å². The van der Waals surface area contributed by atoms with Gasteiger partial charge in [0.15, 0.2) is 0 Å². The molecule has 180 valence electrons. The third kappa shape index (κ3) is 5.79. The lowest BCUT2D eigenvalue weighted by atomic mass is 10.1. The van der Waals surface area contributed by atoms with Crippen molar-refractivity contribution >= 4 is 34.6 Å². The van der Waals surface area contributed by atoms with Crippen LogP contribution in [0.3, 0.4) is 0 Å². The number of aliphatic imine (C=N–C) groups is 2. The van der Waals surface area contributed by atoms with E-state index in [2.05, 4.69) is 12.1 Å². The molecule has 0 N–H and O–H groups in total. The molecular weight excluding hydrogens is 452 g/mol. The zero-order chi connectivity index (χ0) is 24.2. The Hall–Kier alpha value is -4.00. The Bertz CT molecular complexity index is 1280. The van der Waals surface area contributed by atoms with Crippen molar-refractivity contribution < 1.29 is 18.9 Å². The molecular formula is C30H26N2O4. The van der Waals surface area contributed by atoms with Gasteiger partial charge in [-0.05, 0) is 71.8 Å². The summed E-state index contributed by atoms with van der Waals surface area (Å²) in [5.74, 6) is 1.68. The van der Waals surface area contributed by atoms with E-state index in [1.807, 2.05) is 85.2 Å². The highest BCUT2D eigenvalue weighted by Gasteiger charge is 2.23. The monoisotopic (exact) mass is 478 g/mol. The maximum atomic E-state index is 5.71. The lowest BCUT2D eigenvalue weighted by Crippen LogP contribution is -2.03. The number of nitrogens with zero attached hydrogens (tertiary/aromatic N) is 2. The van der Waals surface area contributed by atoms with Crippen molar-refractivity contribution in [1.82, 2.24) is 0 Å². The summed E-state index contributed by atoms with van der Waals surface area (Å²) in [6, 6.07) is 28.1. The average Bonchev–Trinajstić information content (AvgIpc) is 3.85. The van der Waals surface area contributed by atoms with Crippen LogP contribution in [-0.2, 0) is 9.47 Å². The van der Waals surface area contributed by atoms with Crippen LogP contribution in [0.2, 0.25) is 0 Å². The molecule has 0 radical (unpaired) electrons. The first-order valence-electron chi connectivity index (χ1n) is 12.1. The molecule has 2 aliphatic rings. The summed E-state index contributed by atoms with van der Waals surface area (Å²) < 4.78 is 21.8. The summed E-state index contributed by atoms with van der Waals surface area (Å²) >= 11 is 0. The van der Waals surface area contributed by atoms with Gasteiger partial charge in [0.25, 0.3) is 0 Å². The largest absolute Gasteiger partial charge is 0.491 e. The van der Waals surface area contributed by atoms with Gasteiger partial charge in [0.1, 0.15) is 36.9 Å². The maximum absolute atomic E-state index is 5.71. The number of hydrogen-bond donors (Lipinski definition) is 0. The van der Waals surface area contributed by atoms with Crippen LogP contribution in [0, 0.1) is 0 Å². The zero-order valence-corrected chi connectivity index (χ0v) is 19.7. The molecule has 0 amide bonds. The highest BCUT2D eigenvalue weighted by molar-refractivity contribution is 6.02. The van der Waals surface area contributed by atoms with Gasteiger partial charge in [0.2, 0.25) is 0 Å². The Labute approximate surface area is 209 Å². The SMILES string of the molecule is C(=Nc1cccc2c(N=Cc3ccc(OCC4CO4)cc3)cccc12)c1ccc(OCC2CO2)cc1. The Morgan fingerprint density at radius 1 is 0.611 bits per heavy atom. The van der Waals surface area contributed by atoms with Crippen LogP contribution in [0.25, 0.3) is 10.8 Å². The number of hydrogen-bond acceptors (Lipinski definition) is 6. The van der Waals surface area contributed by atoms with Gasteiger partial charge in [0, 0.05) is 23.2 Å². The van der Waals surface area contributed by atoms with Crippen LogP contribution in [0.1, 0.15) is 11.1 Å². The molecule has 2 unspecified atom stereocenters. The highest BCUT2D eigenvalue weighted by atomic mass is 16.6. The maximum Gasteiger partial charge on any atom is 0.119 e. The summed E-state index contributed by atoms with van der Waals surface area (Å²) in [6.45, 7) is 2.79. The quantitative estimate of drug-likeness (QED) is 0.210. The molecule has 0 aromatic heterocycles. The van der Waals surface area contributed by atoms with Crippen LogP contribution < -0.4 is 9.47 Å². The summed E-state index contributed by atoms with van der Waals surface area (Å²) in [5.41, 5.74) is 3.82. The van der Waals surface area contributed by atoms with Gasteiger partial charge in [-0.3, -0.25) is 9.98 Å². The third-order valence-corrected chi connectivity index (χ3v) is 6.02. The molecule has 4 aromatic carbocycles. The fourth-order valence-electron chi connectivity index (χ4n) is 3.80. The molecule has 2 fully saturated rings. The van der Waals surface area contributed by atoms with Crippen LogP contribution in [-0.4, -0.2) is 51.1 Å². The van der Waals surface area contributed by atoms with E-state index in [0.29, 0.717) is 13.2 Å². The molecule has 4 aromatic rings. The summed E-state index contributed by atoms with van der Waals surface area (Å²) in [5, 5.41) is 2.11. The van der Waals surface area contributed by atoms with Crippen LogP contribution in [0.5, 0.6) is 11.5 Å². The number of benzene rings is 4. The minimum atomic E-state index is 0.250. The number of fused-ring (bicyclic) bond motifs is 1. The molecule has 0 bridgehead atoms. The summed E-state index contributed by atoms with van der Waals surface area (Å²) in [4.78, 5) is 9.52.